The first-order valence-electron chi connectivity index (χ1n) is 7.63. The summed E-state index contributed by atoms with van der Waals surface area (Å²) >= 11 is 0. The molecule has 1 aromatic heterocycles. The van der Waals surface area contributed by atoms with Gasteiger partial charge in [-0.15, -0.1) is 0 Å². The number of rotatable bonds is 3. The molecule has 0 spiro atoms. The van der Waals surface area contributed by atoms with E-state index in [1.807, 2.05) is 6.07 Å². The van der Waals surface area contributed by atoms with Crippen molar-refractivity contribution < 1.29 is 4.74 Å². The summed E-state index contributed by atoms with van der Waals surface area (Å²) in [6.45, 7) is 5.67. The Morgan fingerprint density at radius 1 is 1.19 bits per heavy atom. The summed E-state index contributed by atoms with van der Waals surface area (Å²) in [4.78, 5) is 13.3. The molecule has 7 nitrogen and oxygen atoms in total. The standard InChI is InChI=1S/C14H24N6O/c1-19-4-6-20(7-5-19)13-10-12(17-14(15)18-13)16-11-2-8-21-9-3-11/h10-11H,2-9H2,1H3,(H3,15,16,17,18). The molecule has 2 aliphatic heterocycles. The highest BCUT2D eigenvalue weighted by Crippen LogP contribution is 2.20. The predicted molar refractivity (Wildman–Crippen MR) is 83.6 cm³/mol. The van der Waals surface area contributed by atoms with Gasteiger partial charge in [-0.25, -0.2) is 0 Å². The first kappa shape index (κ1) is 14.3. The van der Waals surface area contributed by atoms with E-state index in [4.69, 9.17) is 10.5 Å². The lowest BCUT2D eigenvalue weighted by Gasteiger charge is -2.33. The molecule has 21 heavy (non-hydrogen) atoms. The number of ether oxygens (including phenoxy) is 1. The normalized spacial score (nSPS) is 21.5. The van der Waals surface area contributed by atoms with E-state index in [2.05, 4.69) is 32.1 Å². The summed E-state index contributed by atoms with van der Waals surface area (Å²) in [7, 11) is 2.14. The minimum absolute atomic E-state index is 0.334. The molecule has 116 valence electrons. The summed E-state index contributed by atoms with van der Waals surface area (Å²) < 4.78 is 5.38. The van der Waals surface area contributed by atoms with Crippen LogP contribution in [0.4, 0.5) is 17.6 Å². The Bertz CT molecular complexity index is 469. The first-order valence-corrected chi connectivity index (χ1v) is 7.63. The number of anilines is 3. The highest BCUT2D eigenvalue weighted by molar-refractivity contribution is 5.53. The van der Waals surface area contributed by atoms with Crippen molar-refractivity contribution in [3.05, 3.63) is 6.07 Å². The number of nitrogens with one attached hydrogen (secondary N) is 1. The molecular formula is C14H24N6O. The lowest BCUT2D eigenvalue weighted by Crippen LogP contribution is -2.45. The minimum Gasteiger partial charge on any atom is -0.381 e. The van der Waals surface area contributed by atoms with E-state index in [-0.39, 0.29) is 0 Å². The molecule has 0 atom stereocenters. The number of nitrogen functional groups attached to an aromatic ring is 1. The third kappa shape index (κ3) is 3.74. The average Bonchev–Trinajstić information content (AvgIpc) is 2.48. The average molecular weight is 292 g/mol. The van der Waals surface area contributed by atoms with Gasteiger partial charge in [0.1, 0.15) is 11.6 Å². The number of likely N-dealkylation sites (N-methyl/N-ethyl adjacent to an activating group) is 1. The summed E-state index contributed by atoms with van der Waals surface area (Å²) in [6, 6.07) is 2.42. The van der Waals surface area contributed by atoms with Gasteiger partial charge in [0.05, 0.1) is 0 Å². The van der Waals surface area contributed by atoms with Crippen LogP contribution < -0.4 is 16.0 Å². The van der Waals surface area contributed by atoms with Crippen molar-refractivity contribution in [3.8, 4) is 0 Å². The predicted octanol–water partition coefficient (Wildman–Crippen LogP) is 0.402. The van der Waals surface area contributed by atoms with E-state index in [0.717, 1.165) is 63.9 Å². The van der Waals surface area contributed by atoms with Crippen molar-refractivity contribution in [2.45, 2.75) is 18.9 Å². The van der Waals surface area contributed by atoms with Crippen LogP contribution in [-0.4, -0.2) is 67.4 Å². The number of piperazine rings is 1. The van der Waals surface area contributed by atoms with E-state index in [1.54, 1.807) is 0 Å². The summed E-state index contributed by atoms with van der Waals surface area (Å²) in [5.74, 6) is 2.08. The summed E-state index contributed by atoms with van der Waals surface area (Å²) in [5, 5.41) is 3.46. The Morgan fingerprint density at radius 3 is 2.62 bits per heavy atom. The zero-order valence-electron chi connectivity index (χ0n) is 12.6. The van der Waals surface area contributed by atoms with Crippen LogP contribution in [0.5, 0.6) is 0 Å². The Balaban J connectivity index is 1.70. The molecule has 7 heteroatoms. The Morgan fingerprint density at radius 2 is 1.90 bits per heavy atom. The van der Waals surface area contributed by atoms with Gasteiger partial charge in [0.25, 0.3) is 0 Å². The van der Waals surface area contributed by atoms with Crippen molar-refractivity contribution in [2.75, 3.05) is 62.4 Å². The second-order valence-electron chi connectivity index (χ2n) is 5.79. The van der Waals surface area contributed by atoms with E-state index in [1.165, 1.54) is 0 Å². The third-order valence-corrected chi connectivity index (χ3v) is 4.13. The van der Waals surface area contributed by atoms with E-state index >= 15 is 0 Å². The number of hydrogen-bond acceptors (Lipinski definition) is 7. The Hall–Kier alpha value is -1.60. The minimum atomic E-state index is 0.334. The van der Waals surface area contributed by atoms with Crippen LogP contribution in [0.1, 0.15) is 12.8 Å². The molecule has 2 aliphatic rings. The smallest absolute Gasteiger partial charge is 0.223 e. The molecule has 2 fully saturated rings. The van der Waals surface area contributed by atoms with Crippen LogP contribution in [0.2, 0.25) is 0 Å². The highest BCUT2D eigenvalue weighted by Gasteiger charge is 2.18. The molecule has 0 bridgehead atoms. The summed E-state index contributed by atoms with van der Waals surface area (Å²) in [6.07, 6.45) is 2.02. The topological polar surface area (TPSA) is 79.5 Å². The molecular weight excluding hydrogens is 268 g/mol. The van der Waals surface area contributed by atoms with Crippen LogP contribution in [0.3, 0.4) is 0 Å². The third-order valence-electron chi connectivity index (χ3n) is 4.13. The second kappa shape index (κ2) is 6.44. The van der Waals surface area contributed by atoms with Crippen LogP contribution >= 0.6 is 0 Å². The maximum Gasteiger partial charge on any atom is 0.223 e. The molecule has 1 aromatic rings. The van der Waals surface area contributed by atoms with Gasteiger partial charge in [0, 0.05) is 51.5 Å². The van der Waals surface area contributed by atoms with Gasteiger partial charge in [-0.1, -0.05) is 0 Å². The molecule has 3 N–H and O–H groups in total. The van der Waals surface area contributed by atoms with E-state index in [9.17, 15) is 0 Å². The SMILES string of the molecule is CN1CCN(c2cc(NC3CCOCC3)nc(N)n2)CC1. The van der Waals surface area contributed by atoms with Gasteiger partial charge in [0.15, 0.2) is 0 Å². The molecule has 0 unspecified atom stereocenters. The Labute approximate surface area is 125 Å². The number of hydrogen-bond donors (Lipinski definition) is 2. The van der Waals surface area contributed by atoms with Crippen LogP contribution in [-0.2, 0) is 4.74 Å². The molecule has 0 saturated carbocycles. The van der Waals surface area contributed by atoms with Crippen LogP contribution in [0.15, 0.2) is 6.07 Å². The molecule has 0 aromatic carbocycles. The van der Waals surface area contributed by atoms with Crippen molar-refractivity contribution >= 4 is 17.6 Å². The monoisotopic (exact) mass is 292 g/mol. The number of aromatic nitrogens is 2. The van der Waals surface area contributed by atoms with Crippen molar-refractivity contribution in [2.24, 2.45) is 0 Å². The fourth-order valence-electron chi connectivity index (χ4n) is 2.78. The fraction of sp³-hybridized carbons (Fsp3) is 0.714. The highest BCUT2D eigenvalue weighted by atomic mass is 16.5. The number of nitrogens with zero attached hydrogens (tertiary/aromatic N) is 4. The van der Waals surface area contributed by atoms with E-state index in [0.29, 0.717) is 12.0 Å². The van der Waals surface area contributed by atoms with Gasteiger partial charge >= 0.3 is 0 Å². The van der Waals surface area contributed by atoms with Crippen molar-refractivity contribution in [1.29, 1.82) is 0 Å². The van der Waals surface area contributed by atoms with Gasteiger partial charge in [0.2, 0.25) is 5.95 Å². The van der Waals surface area contributed by atoms with Crippen LogP contribution in [0, 0.1) is 0 Å². The van der Waals surface area contributed by atoms with E-state index < -0.39 is 0 Å². The van der Waals surface area contributed by atoms with Gasteiger partial charge in [-0.05, 0) is 19.9 Å². The molecule has 0 aliphatic carbocycles. The fourth-order valence-corrected chi connectivity index (χ4v) is 2.78. The molecule has 0 radical (unpaired) electrons. The van der Waals surface area contributed by atoms with Crippen molar-refractivity contribution in [3.63, 3.8) is 0 Å². The van der Waals surface area contributed by atoms with Gasteiger partial charge in [-0.3, -0.25) is 0 Å². The summed E-state index contributed by atoms with van der Waals surface area (Å²) in [5.41, 5.74) is 5.87. The maximum atomic E-state index is 5.87. The molecule has 3 rings (SSSR count). The van der Waals surface area contributed by atoms with Gasteiger partial charge in [-0.2, -0.15) is 9.97 Å². The zero-order chi connectivity index (χ0) is 14.7. The maximum absolute atomic E-state index is 5.87. The van der Waals surface area contributed by atoms with Gasteiger partial charge < -0.3 is 25.6 Å². The van der Waals surface area contributed by atoms with Crippen LogP contribution in [0.25, 0.3) is 0 Å². The zero-order valence-corrected chi connectivity index (χ0v) is 12.6. The number of nitrogens with two attached hydrogens (primary N) is 1. The first-order chi connectivity index (χ1) is 10.2. The Kier molecular flexibility index (Phi) is 4.40. The lowest BCUT2D eigenvalue weighted by molar-refractivity contribution is 0.0904. The van der Waals surface area contributed by atoms with Crippen molar-refractivity contribution in [1.82, 2.24) is 14.9 Å². The quantitative estimate of drug-likeness (QED) is 0.835. The lowest BCUT2D eigenvalue weighted by atomic mass is 10.1. The molecule has 2 saturated heterocycles. The largest absolute Gasteiger partial charge is 0.381 e. The molecule has 0 amide bonds. The second-order valence-corrected chi connectivity index (χ2v) is 5.79. The molecule has 3 heterocycles.